The van der Waals surface area contributed by atoms with Gasteiger partial charge >= 0.3 is 5.97 Å². The van der Waals surface area contributed by atoms with Crippen LogP contribution in [0.25, 0.3) is 0 Å². The van der Waals surface area contributed by atoms with E-state index in [9.17, 15) is 4.79 Å². The van der Waals surface area contributed by atoms with Crippen molar-refractivity contribution >= 4 is 35.7 Å². The number of carboxylic acid groups (broad SMARTS) is 1. The maximum Gasteiger partial charge on any atom is 0.320 e. The van der Waals surface area contributed by atoms with Crippen LogP contribution in [0, 0.1) is 0 Å². The van der Waals surface area contributed by atoms with Gasteiger partial charge in [-0.15, -0.1) is 24.0 Å². The second-order valence-electron chi connectivity index (χ2n) is 3.46. The third kappa shape index (κ3) is 5.77. The molecule has 0 aliphatic heterocycles. The minimum atomic E-state index is -0.982. The average Bonchev–Trinajstić information content (AvgIpc) is 2.28. The minimum Gasteiger partial charge on any atom is -0.480 e. The van der Waals surface area contributed by atoms with Crippen LogP contribution in [-0.4, -0.2) is 29.5 Å². The van der Waals surface area contributed by atoms with E-state index in [2.05, 4.69) is 5.32 Å². The van der Waals surface area contributed by atoms with Crippen LogP contribution in [0.3, 0.4) is 0 Å². The molecule has 4 N–H and O–H groups in total. The van der Waals surface area contributed by atoms with Gasteiger partial charge in [-0.25, -0.2) is 0 Å². The molecule has 0 saturated heterocycles. The molecular weight excluding hydrogens is 263 g/mol. The van der Waals surface area contributed by atoms with Crippen LogP contribution in [0.5, 0.6) is 0 Å². The highest BCUT2D eigenvalue weighted by Crippen LogP contribution is 2.10. The lowest BCUT2D eigenvalue weighted by molar-refractivity contribution is -0.138. The van der Waals surface area contributed by atoms with Crippen molar-refractivity contribution in [2.24, 2.45) is 5.73 Å². The van der Waals surface area contributed by atoms with Gasteiger partial charge in [0.25, 0.3) is 0 Å². The van der Waals surface area contributed by atoms with Gasteiger partial charge in [0.1, 0.15) is 6.04 Å². The second kappa shape index (κ2) is 8.17. The summed E-state index contributed by atoms with van der Waals surface area (Å²) in [6, 6.07) is 6.65. The van der Waals surface area contributed by atoms with Gasteiger partial charge in [-0.3, -0.25) is 4.79 Å². The van der Waals surface area contributed by atoms with Crippen molar-refractivity contribution in [3.05, 3.63) is 29.8 Å². The highest BCUT2D eigenvalue weighted by molar-refractivity contribution is 6.18. The van der Waals surface area contributed by atoms with Gasteiger partial charge in [0.2, 0.25) is 0 Å². The fraction of sp³-hybridized carbons (Fsp3) is 0.364. The summed E-state index contributed by atoms with van der Waals surface area (Å²) in [5, 5.41) is 11.8. The van der Waals surface area contributed by atoms with Crippen molar-refractivity contribution in [2.75, 3.05) is 17.7 Å². The zero-order valence-corrected chi connectivity index (χ0v) is 10.8. The van der Waals surface area contributed by atoms with E-state index in [4.69, 9.17) is 22.4 Å². The Morgan fingerprint density at radius 3 is 2.47 bits per heavy atom. The van der Waals surface area contributed by atoms with Crippen molar-refractivity contribution in [3.63, 3.8) is 0 Å². The molecule has 0 aliphatic rings. The SMILES string of the molecule is Cl.N[C@@H](Cc1ccc(NCCCl)cc1)C(=O)O. The van der Waals surface area contributed by atoms with Crippen LogP contribution in [0.4, 0.5) is 5.69 Å². The molecule has 1 rings (SSSR count). The normalized spacial score (nSPS) is 11.4. The summed E-state index contributed by atoms with van der Waals surface area (Å²) in [5.74, 6) is -0.435. The van der Waals surface area contributed by atoms with E-state index in [1.807, 2.05) is 24.3 Å². The molecule has 0 aliphatic carbocycles. The van der Waals surface area contributed by atoms with Gasteiger partial charge in [0.15, 0.2) is 0 Å². The summed E-state index contributed by atoms with van der Waals surface area (Å²) in [4.78, 5) is 10.6. The van der Waals surface area contributed by atoms with Gasteiger partial charge in [0.05, 0.1) is 0 Å². The van der Waals surface area contributed by atoms with Crippen molar-refractivity contribution in [3.8, 4) is 0 Å². The molecule has 17 heavy (non-hydrogen) atoms. The number of hydrogen-bond donors (Lipinski definition) is 3. The topological polar surface area (TPSA) is 75.3 Å². The number of nitrogens with two attached hydrogens (primary N) is 1. The van der Waals surface area contributed by atoms with E-state index >= 15 is 0 Å². The summed E-state index contributed by atoms with van der Waals surface area (Å²) in [7, 11) is 0. The Bertz CT molecular complexity index is 344. The predicted octanol–water partition coefficient (Wildman–Crippen LogP) is 1.71. The first-order valence-electron chi connectivity index (χ1n) is 5.00. The number of aliphatic carboxylic acids is 1. The number of carbonyl (C=O) groups is 1. The Labute approximate surface area is 112 Å². The maximum atomic E-state index is 10.6. The van der Waals surface area contributed by atoms with E-state index < -0.39 is 12.0 Å². The molecule has 0 saturated carbocycles. The monoisotopic (exact) mass is 278 g/mol. The van der Waals surface area contributed by atoms with Crippen LogP contribution in [0.15, 0.2) is 24.3 Å². The minimum absolute atomic E-state index is 0. The summed E-state index contributed by atoms with van der Waals surface area (Å²) in [5.41, 5.74) is 7.31. The number of benzene rings is 1. The van der Waals surface area contributed by atoms with Crippen molar-refractivity contribution in [1.29, 1.82) is 0 Å². The van der Waals surface area contributed by atoms with Gasteiger partial charge in [-0.1, -0.05) is 12.1 Å². The van der Waals surface area contributed by atoms with E-state index in [1.165, 1.54) is 0 Å². The van der Waals surface area contributed by atoms with Crippen molar-refractivity contribution in [2.45, 2.75) is 12.5 Å². The number of carboxylic acids is 1. The fourth-order valence-corrected chi connectivity index (χ4v) is 1.39. The molecule has 0 radical (unpaired) electrons. The first kappa shape index (κ1) is 16.0. The number of halogens is 2. The van der Waals surface area contributed by atoms with Gasteiger partial charge in [-0.05, 0) is 24.1 Å². The van der Waals surface area contributed by atoms with Gasteiger partial charge in [0, 0.05) is 18.1 Å². The van der Waals surface area contributed by atoms with Gasteiger partial charge in [-0.2, -0.15) is 0 Å². The zero-order chi connectivity index (χ0) is 12.0. The predicted molar refractivity (Wildman–Crippen MR) is 72.2 cm³/mol. The Kier molecular flexibility index (Phi) is 7.70. The molecule has 1 aromatic carbocycles. The number of hydrogen-bond acceptors (Lipinski definition) is 3. The lowest BCUT2D eigenvalue weighted by Gasteiger charge is -2.08. The summed E-state index contributed by atoms with van der Waals surface area (Å²) in [6.45, 7) is 0.704. The highest BCUT2D eigenvalue weighted by Gasteiger charge is 2.11. The molecule has 4 nitrogen and oxygen atoms in total. The maximum absolute atomic E-state index is 10.6. The standard InChI is InChI=1S/C11H15ClN2O2.ClH/c12-5-6-14-9-3-1-8(2-4-9)7-10(13)11(15)16;/h1-4,10,14H,5-7,13H2,(H,15,16);1H/t10-;/m0./s1. The Morgan fingerprint density at radius 1 is 1.41 bits per heavy atom. The molecule has 1 aromatic rings. The molecule has 0 amide bonds. The van der Waals surface area contributed by atoms with Crippen LogP contribution < -0.4 is 11.1 Å². The third-order valence-corrected chi connectivity index (χ3v) is 2.34. The van der Waals surface area contributed by atoms with Gasteiger partial charge < -0.3 is 16.2 Å². The molecular formula is C11H16Cl2N2O2. The molecule has 0 fully saturated rings. The summed E-state index contributed by atoms with van der Waals surface area (Å²) >= 11 is 5.54. The van der Waals surface area contributed by atoms with Crippen molar-refractivity contribution in [1.82, 2.24) is 0 Å². The number of rotatable bonds is 6. The van der Waals surface area contributed by atoms with E-state index in [0.717, 1.165) is 11.3 Å². The highest BCUT2D eigenvalue weighted by atomic mass is 35.5. The van der Waals surface area contributed by atoms with E-state index in [-0.39, 0.29) is 12.4 Å². The lowest BCUT2D eigenvalue weighted by Crippen LogP contribution is -2.32. The molecule has 1 atom stereocenters. The Hall–Kier alpha value is -0.970. The number of nitrogens with one attached hydrogen (secondary N) is 1. The molecule has 96 valence electrons. The van der Waals surface area contributed by atoms with Crippen LogP contribution in [0.2, 0.25) is 0 Å². The third-order valence-electron chi connectivity index (χ3n) is 2.15. The molecule has 0 unspecified atom stereocenters. The quantitative estimate of drug-likeness (QED) is 0.693. The molecule has 0 heterocycles. The lowest BCUT2D eigenvalue weighted by atomic mass is 10.1. The molecule has 0 bridgehead atoms. The molecule has 0 spiro atoms. The van der Waals surface area contributed by atoms with Crippen LogP contribution in [0.1, 0.15) is 5.56 Å². The van der Waals surface area contributed by atoms with E-state index in [1.54, 1.807) is 0 Å². The summed E-state index contributed by atoms with van der Waals surface area (Å²) < 4.78 is 0. The Balaban J connectivity index is 0.00000256. The van der Waals surface area contributed by atoms with Crippen molar-refractivity contribution < 1.29 is 9.90 Å². The van der Waals surface area contributed by atoms with Crippen LogP contribution >= 0.6 is 24.0 Å². The Morgan fingerprint density at radius 2 is 2.00 bits per heavy atom. The molecule has 6 heteroatoms. The second-order valence-corrected chi connectivity index (χ2v) is 3.84. The number of alkyl halides is 1. The first-order valence-corrected chi connectivity index (χ1v) is 5.54. The molecule has 0 aromatic heterocycles. The smallest absolute Gasteiger partial charge is 0.320 e. The zero-order valence-electron chi connectivity index (χ0n) is 9.23. The average molecular weight is 279 g/mol. The number of anilines is 1. The van der Waals surface area contributed by atoms with E-state index in [0.29, 0.717) is 18.8 Å². The summed E-state index contributed by atoms with van der Waals surface area (Å²) in [6.07, 6.45) is 0.338. The first-order chi connectivity index (χ1) is 7.63. The largest absolute Gasteiger partial charge is 0.480 e. The fourth-order valence-electron chi connectivity index (χ4n) is 1.29. The van der Waals surface area contributed by atoms with Crippen LogP contribution in [-0.2, 0) is 11.2 Å².